The van der Waals surface area contributed by atoms with Crippen molar-refractivity contribution >= 4 is 12.1 Å². The normalized spacial score (nSPS) is 23.4. The van der Waals surface area contributed by atoms with Crippen LogP contribution in [0, 0.1) is 5.92 Å². The lowest BCUT2D eigenvalue weighted by molar-refractivity contribution is -0.141. The molecule has 0 aromatic heterocycles. The zero-order valence-corrected chi connectivity index (χ0v) is 12.8. The second kappa shape index (κ2) is 6.92. The van der Waals surface area contributed by atoms with Gasteiger partial charge in [0.1, 0.15) is 5.60 Å². The van der Waals surface area contributed by atoms with Crippen LogP contribution in [-0.2, 0) is 14.3 Å². The summed E-state index contributed by atoms with van der Waals surface area (Å²) in [5.74, 6) is -0.137. The number of nitrogens with zero attached hydrogens (tertiary/aromatic N) is 1. The Morgan fingerprint density at radius 3 is 2.55 bits per heavy atom. The lowest BCUT2D eigenvalue weighted by atomic mass is 9.89. The number of ether oxygens (including phenoxy) is 2. The summed E-state index contributed by atoms with van der Waals surface area (Å²) >= 11 is 0. The number of carbonyl (C=O) groups is 2. The molecule has 0 spiro atoms. The van der Waals surface area contributed by atoms with Gasteiger partial charge in [0.2, 0.25) is 0 Å². The molecule has 0 unspecified atom stereocenters. The van der Waals surface area contributed by atoms with E-state index in [9.17, 15) is 9.59 Å². The summed E-state index contributed by atoms with van der Waals surface area (Å²) in [7, 11) is 1.37. The third-order valence-corrected chi connectivity index (χ3v) is 3.39. The van der Waals surface area contributed by atoms with Crippen LogP contribution in [0.4, 0.5) is 4.79 Å². The Morgan fingerprint density at radius 1 is 1.35 bits per heavy atom. The number of hydrogen-bond donors (Lipinski definition) is 1. The molecule has 6 nitrogen and oxygen atoms in total. The minimum absolute atomic E-state index is 0.0124. The first-order chi connectivity index (χ1) is 9.23. The van der Waals surface area contributed by atoms with Crippen LogP contribution >= 0.6 is 0 Å². The molecule has 0 aliphatic carbocycles. The van der Waals surface area contributed by atoms with Gasteiger partial charge in [-0.1, -0.05) is 0 Å². The summed E-state index contributed by atoms with van der Waals surface area (Å²) in [4.78, 5) is 24.9. The van der Waals surface area contributed by atoms with E-state index in [1.165, 1.54) is 7.11 Å². The molecule has 2 atom stereocenters. The third-order valence-electron chi connectivity index (χ3n) is 3.39. The van der Waals surface area contributed by atoms with Crippen molar-refractivity contribution in [3.8, 4) is 0 Å². The Labute approximate surface area is 120 Å². The topological polar surface area (TPSA) is 81.9 Å². The van der Waals surface area contributed by atoms with Gasteiger partial charge in [-0.15, -0.1) is 0 Å². The third kappa shape index (κ3) is 5.36. The summed E-state index contributed by atoms with van der Waals surface area (Å²) in [5, 5.41) is 0. The van der Waals surface area contributed by atoms with Gasteiger partial charge in [0.15, 0.2) is 0 Å². The van der Waals surface area contributed by atoms with E-state index in [4.69, 9.17) is 10.5 Å². The van der Waals surface area contributed by atoms with E-state index in [2.05, 4.69) is 4.74 Å². The van der Waals surface area contributed by atoms with Gasteiger partial charge < -0.3 is 20.1 Å². The quantitative estimate of drug-likeness (QED) is 0.795. The maximum atomic E-state index is 12.0. The van der Waals surface area contributed by atoms with Crippen LogP contribution in [0.25, 0.3) is 0 Å². The average Bonchev–Trinajstić information content (AvgIpc) is 2.35. The zero-order valence-electron chi connectivity index (χ0n) is 12.8. The van der Waals surface area contributed by atoms with Crippen molar-refractivity contribution in [2.45, 2.75) is 51.7 Å². The summed E-state index contributed by atoms with van der Waals surface area (Å²) in [6.45, 7) is 6.66. The van der Waals surface area contributed by atoms with Gasteiger partial charge in [0.05, 0.1) is 7.11 Å². The Balaban J connectivity index is 2.52. The average molecular weight is 286 g/mol. The molecule has 0 aromatic carbocycles. The number of nitrogens with two attached hydrogens (primary N) is 1. The molecule has 1 aliphatic heterocycles. The molecule has 0 bridgehead atoms. The van der Waals surface area contributed by atoms with E-state index in [0.29, 0.717) is 25.9 Å². The van der Waals surface area contributed by atoms with Crippen molar-refractivity contribution in [1.82, 2.24) is 4.90 Å². The molecule has 116 valence electrons. The Kier molecular flexibility index (Phi) is 5.80. The molecule has 6 heteroatoms. The molecule has 1 amide bonds. The van der Waals surface area contributed by atoms with Crippen LogP contribution in [0.3, 0.4) is 0 Å². The number of piperidine rings is 1. The molecule has 0 radical (unpaired) electrons. The number of esters is 1. The van der Waals surface area contributed by atoms with Gasteiger partial charge in [-0.25, -0.2) is 4.79 Å². The number of carbonyl (C=O) groups excluding carboxylic acids is 2. The maximum Gasteiger partial charge on any atom is 0.410 e. The second-order valence-electron chi connectivity index (χ2n) is 6.25. The van der Waals surface area contributed by atoms with Crippen molar-refractivity contribution in [3.05, 3.63) is 0 Å². The van der Waals surface area contributed by atoms with E-state index in [-0.39, 0.29) is 24.0 Å². The van der Waals surface area contributed by atoms with E-state index in [1.807, 2.05) is 20.8 Å². The molecule has 1 rings (SSSR count). The summed E-state index contributed by atoms with van der Waals surface area (Å²) in [6.07, 6.45) is 1.38. The number of amides is 1. The van der Waals surface area contributed by atoms with Crippen molar-refractivity contribution in [3.63, 3.8) is 0 Å². The first-order valence-corrected chi connectivity index (χ1v) is 7.03. The van der Waals surface area contributed by atoms with Gasteiger partial charge in [0.25, 0.3) is 0 Å². The highest BCUT2D eigenvalue weighted by Crippen LogP contribution is 2.22. The van der Waals surface area contributed by atoms with Crippen LogP contribution in [-0.4, -0.2) is 48.8 Å². The molecule has 1 aliphatic rings. The first-order valence-electron chi connectivity index (χ1n) is 7.03. The van der Waals surface area contributed by atoms with Crippen LogP contribution in [0.2, 0.25) is 0 Å². The number of methoxy groups -OCH3 is 1. The molecular weight excluding hydrogens is 260 g/mol. The molecule has 1 saturated heterocycles. The van der Waals surface area contributed by atoms with Crippen LogP contribution in [0.15, 0.2) is 0 Å². The van der Waals surface area contributed by atoms with E-state index in [1.54, 1.807) is 4.90 Å². The van der Waals surface area contributed by atoms with Gasteiger partial charge in [-0.3, -0.25) is 4.79 Å². The highest BCUT2D eigenvalue weighted by Gasteiger charge is 2.31. The Morgan fingerprint density at radius 2 is 2.00 bits per heavy atom. The monoisotopic (exact) mass is 286 g/mol. The van der Waals surface area contributed by atoms with Crippen LogP contribution in [0.5, 0.6) is 0 Å². The van der Waals surface area contributed by atoms with Gasteiger partial charge in [-0.2, -0.15) is 0 Å². The number of likely N-dealkylation sites (tertiary alicyclic amines) is 1. The van der Waals surface area contributed by atoms with Crippen molar-refractivity contribution < 1.29 is 19.1 Å². The van der Waals surface area contributed by atoms with E-state index >= 15 is 0 Å². The Hall–Kier alpha value is -1.30. The molecule has 20 heavy (non-hydrogen) atoms. The van der Waals surface area contributed by atoms with Crippen molar-refractivity contribution in [2.24, 2.45) is 11.7 Å². The molecule has 2 N–H and O–H groups in total. The number of hydrogen-bond acceptors (Lipinski definition) is 5. The largest absolute Gasteiger partial charge is 0.469 e. The fourth-order valence-corrected chi connectivity index (χ4v) is 2.25. The van der Waals surface area contributed by atoms with Gasteiger partial charge in [0, 0.05) is 25.6 Å². The van der Waals surface area contributed by atoms with Crippen molar-refractivity contribution in [1.29, 1.82) is 0 Å². The van der Waals surface area contributed by atoms with Crippen LogP contribution in [0.1, 0.15) is 40.0 Å². The van der Waals surface area contributed by atoms with E-state index < -0.39 is 5.60 Å². The van der Waals surface area contributed by atoms with Crippen molar-refractivity contribution in [2.75, 3.05) is 20.2 Å². The SMILES string of the molecule is COC(=O)CC[C@H]1CN(C(=O)OC(C)(C)C)CC[C@H]1N. The minimum atomic E-state index is -0.502. The molecule has 1 heterocycles. The maximum absolute atomic E-state index is 12.0. The van der Waals surface area contributed by atoms with Crippen LogP contribution < -0.4 is 5.73 Å². The van der Waals surface area contributed by atoms with Gasteiger partial charge >= 0.3 is 12.1 Å². The zero-order chi connectivity index (χ0) is 15.3. The van der Waals surface area contributed by atoms with E-state index in [0.717, 1.165) is 6.42 Å². The smallest absolute Gasteiger partial charge is 0.410 e. The molecule has 0 aromatic rings. The standard InChI is InChI=1S/C14H26N2O4/c1-14(2,3)20-13(18)16-8-7-11(15)10(9-16)5-6-12(17)19-4/h10-11H,5-9,15H2,1-4H3/t10-,11+/m0/s1. The molecule has 0 saturated carbocycles. The number of rotatable bonds is 3. The molecule has 1 fully saturated rings. The summed E-state index contributed by atoms with van der Waals surface area (Å²) in [6, 6.07) is 0.0124. The lowest BCUT2D eigenvalue weighted by Gasteiger charge is -2.37. The highest BCUT2D eigenvalue weighted by molar-refractivity contribution is 5.69. The predicted molar refractivity (Wildman–Crippen MR) is 75.1 cm³/mol. The summed E-state index contributed by atoms with van der Waals surface area (Å²) < 4.78 is 9.99. The van der Waals surface area contributed by atoms with Gasteiger partial charge in [-0.05, 0) is 39.5 Å². The fraction of sp³-hybridized carbons (Fsp3) is 0.857. The summed E-state index contributed by atoms with van der Waals surface area (Å²) in [5.41, 5.74) is 5.56. The second-order valence-corrected chi connectivity index (χ2v) is 6.25. The molecular formula is C14H26N2O4. The lowest BCUT2D eigenvalue weighted by Crippen LogP contribution is -2.50. The predicted octanol–water partition coefficient (Wildman–Crippen LogP) is 1.52. The highest BCUT2D eigenvalue weighted by atomic mass is 16.6. The Bertz CT molecular complexity index is 352. The minimum Gasteiger partial charge on any atom is -0.469 e. The first kappa shape index (κ1) is 16.8. The fourth-order valence-electron chi connectivity index (χ4n) is 2.25.